The summed E-state index contributed by atoms with van der Waals surface area (Å²) in [6.45, 7) is 11.1. The van der Waals surface area contributed by atoms with Crippen molar-refractivity contribution in [3.8, 4) is 0 Å². The molecular formula is C23H36O5. The van der Waals surface area contributed by atoms with Gasteiger partial charge in [-0.15, -0.1) is 0 Å². The second kappa shape index (κ2) is 8.81. The number of aliphatic hydroxyl groups excluding tert-OH is 1. The molecule has 0 bridgehead atoms. The number of allylic oxidation sites excluding steroid dienone is 3. The summed E-state index contributed by atoms with van der Waals surface area (Å²) < 4.78 is 5.63. The van der Waals surface area contributed by atoms with E-state index in [4.69, 9.17) is 14.9 Å². The van der Waals surface area contributed by atoms with Crippen LogP contribution < -0.4 is 0 Å². The molecule has 5 heteroatoms. The molecule has 4 atom stereocenters. The Morgan fingerprint density at radius 3 is 2.61 bits per heavy atom. The van der Waals surface area contributed by atoms with Crippen molar-refractivity contribution < 1.29 is 24.5 Å². The van der Waals surface area contributed by atoms with Gasteiger partial charge in [-0.05, 0) is 63.2 Å². The second-order valence-electron chi connectivity index (χ2n) is 9.48. The quantitative estimate of drug-likeness (QED) is 0.379. The summed E-state index contributed by atoms with van der Waals surface area (Å²) in [7, 11) is 0. The van der Waals surface area contributed by atoms with Gasteiger partial charge in [0.2, 0.25) is 0 Å². The van der Waals surface area contributed by atoms with E-state index in [0.29, 0.717) is 11.8 Å². The van der Waals surface area contributed by atoms with Crippen LogP contribution in [-0.4, -0.2) is 34.9 Å². The number of carboxylic acids is 1. The number of ether oxygens (including phenoxy) is 1. The number of carbonyl (C=O) groups excluding carboxylic acids is 1. The van der Waals surface area contributed by atoms with E-state index in [9.17, 15) is 9.59 Å². The Morgan fingerprint density at radius 2 is 2.00 bits per heavy atom. The standard InChI is InChI=1S/C23H36O5/c1-15(11-13-24)6-8-17-16(2)7-9-18-22(3,4)19(10-12-23(17,18)5)28-21(27)14-20(25)26/h7,11,17-19,24H,6,8-10,12-14H2,1-5H3,(H,25,26)/b15-11+/t17-,18-,19+,23-/m1/s1. The number of hydrogen-bond donors (Lipinski definition) is 2. The van der Waals surface area contributed by atoms with Crippen LogP contribution in [0.4, 0.5) is 0 Å². The van der Waals surface area contributed by atoms with Gasteiger partial charge in [0, 0.05) is 5.41 Å². The van der Waals surface area contributed by atoms with Crippen LogP contribution in [0.2, 0.25) is 0 Å². The van der Waals surface area contributed by atoms with Crippen molar-refractivity contribution in [1.29, 1.82) is 0 Å². The average molecular weight is 393 g/mol. The maximum absolute atomic E-state index is 12.0. The van der Waals surface area contributed by atoms with Crippen molar-refractivity contribution in [1.82, 2.24) is 0 Å². The first kappa shape index (κ1) is 22.7. The van der Waals surface area contributed by atoms with Gasteiger partial charge in [-0.3, -0.25) is 9.59 Å². The van der Waals surface area contributed by atoms with Gasteiger partial charge in [0.05, 0.1) is 6.61 Å². The lowest BCUT2D eigenvalue weighted by Gasteiger charge is -2.59. The Morgan fingerprint density at radius 1 is 1.32 bits per heavy atom. The molecular weight excluding hydrogens is 356 g/mol. The first-order valence-electron chi connectivity index (χ1n) is 10.4. The van der Waals surface area contributed by atoms with Crippen molar-refractivity contribution in [2.24, 2.45) is 22.7 Å². The molecule has 0 spiro atoms. The highest BCUT2D eigenvalue weighted by molar-refractivity contribution is 5.90. The summed E-state index contributed by atoms with van der Waals surface area (Å²) in [5, 5.41) is 18.0. The van der Waals surface area contributed by atoms with Crippen molar-refractivity contribution in [2.45, 2.75) is 79.2 Å². The average Bonchev–Trinajstić information content (AvgIpc) is 2.56. The van der Waals surface area contributed by atoms with Gasteiger partial charge >= 0.3 is 11.9 Å². The Bertz CT molecular complexity index is 660. The predicted molar refractivity (Wildman–Crippen MR) is 109 cm³/mol. The molecule has 158 valence electrons. The molecule has 0 saturated heterocycles. The number of carbonyl (C=O) groups is 2. The molecule has 0 aromatic heterocycles. The highest BCUT2D eigenvalue weighted by Gasteiger charge is 2.56. The van der Waals surface area contributed by atoms with E-state index in [1.54, 1.807) is 0 Å². The second-order valence-corrected chi connectivity index (χ2v) is 9.48. The zero-order chi connectivity index (χ0) is 21.1. The largest absolute Gasteiger partial charge is 0.481 e. The molecule has 1 saturated carbocycles. The summed E-state index contributed by atoms with van der Waals surface area (Å²) in [5.41, 5.74) is 2.56. The normalized spacial score (nSPS) is 32.3. The highest BCUT2D eigenvalue weighted by atomic mass is 16.5. The SMILES string of the molecule is CC1=CC[C@@H]2C(C)(C)[C@@H](OC(=O)CC(=O)O)CC[C@]2(C)[C@@H]1CC/C(C)=C/CO. The molecule has 1 fully saturated rings. The molecule has 0 aromatic carbocycles. The first-order chi connectivity index (χ1) is 13.0. The van der Waals surface area contributed by atoms with E-state index in [0.717, 1.165) is 32.1 Å². The topological polar surface area (TPSA) is 83.8 Å². The zero-order valence-corrected chi connectivity index (χ0v) is 18.0. The fourth-order valence-corrected chi connectivity index (χ4v) is 5.74. The van der Waals surface area contributed by atoms with Gasteiger partial charge in [0.25, 0.3) is 0 Å². The number of esters is 1. The molecule has 2 rings (SSSR count). The fourth-order valence-electron chi connectivity index (χ4n) is 5.74. The third-order valence-electron chi connectivity index (χ3n) is 7.33. The van der Waals surface area contributed by atoms with Gasteiger partial charge < -0.3 is 14.9 Å². The molecule has 2 aliphatic carbocycles. The fraction of sp³-hybridized carbons (Fsp3) is 0.739. The van der Waals surface area contributed by atoms with E-state index in [2.05, 4.69) is 40.7 Å². The minimum atomic E-state index is -1.15. The van der Waals surface area contributed by atoms with E-state index in [1.807, 2.05) is 6.08 Å². The number of carboxylic acid groups (broad SMARTS) is 1. The van der Waals surface area contributed by atoms with E-state index in [1.165, 1.54) is 11.1 Å². The van der Waals surface area contributed by atoms with Gasteiger partial charge in [-0.2, -0.15) is 0 Å². The molecule has 2 N–H and O–H groups in total. The maximum atomic E-state index is 12.0. The van der Waals surface area contributed by atoms with Gasteiger partial charge in [-0.25, -0.2) is 0 Å². The first-order valence-corrected chi connectivity index (χ1v) is 10.4. The molecule has 28 heavy (non-hydrogen) atoms. The Kier molecular flexibility index (Phi) is 7.13. The lowest BCUT2D eigenvalue weighted by Crippen LogP contribution is -2.55. The third kappa shape index (κ3) is 4.68. The zero-order valence-electron chi connectivity index (χ0n) is 18.0. The smallest absolute Gasteiger partial charge is 0.317 e. The Balaban J connectivity index is 2.20. The van der Waals surface area contributed by atoms with E-state index < -0.39 is 18.4 Å². The summed E-state index contributed by atoms with van der Waals surface area (Å²) in [5.74, 6) is -0.959. The summed E-state index contributed by atoms with van der Waals surface area (Å²) >= 11 is 0. The molecule has 2 aliphatic rings. The molecule has 0 unspecified atom stereocenters. The summed E-state index contributed by atoms with van der Waals surface area (Å²) in [4.78, 5) is 22.8. The van der Waals surface area contributed by atoms with Crippen LogP contribution in [-0.2, 0) is 14.3 Å². The minimum Gasteiger partial charge on any atom is -0.481 e. The Hall–Kier alpha value is -1.62. The molecule has 0 amide bonds. The lowest BCUT2D eigenvalue weighted by atomic mass is 9.47. The van der Waals surface area contributed by atoms with Crippen LogP contribution in [0.15, 0.2) is 23.3 Å². The van der Waals surface area contributed by atoms with Gasteiger partial charge in [0.15, 0.2) is 0 Å². The van der Waals surface area contributed by atoms with Crippen LogP contribution in [0.1, 0.15) is 73.1 Å². The van der Waals surface area contributed by atoms with Gasteiger partial charge in [0.1, 0.15) is 12.5 Å². The van der Waals surface area contributed by atoms with Crippen LogP contribution in [0.25, 0.3) is 0 Å². The number of aliphatic hydroxyl groups is 1. The predicted octanol–water partition coefficient (Wildman–Crippen LogP) is 4.50. The van der Waals surface area contributed by atoms with Crippen LogP contribution in [0.5, 0.6) is 0 Å². The van der Waals surface area contributed by atoms with Crippen LogP contribution in [0.3, 0.4) is 0 Å². The van der Waals surface area contributed by atoms with Crippen molar-refractivity contribution >= 4 is 11.9 Å². The third-order valence-corrected chi connectivity index (χ3v) is 7.33. The molecule has 0 radical (unpaired) electrons. The van der Waals surface area contributed by atoms with Crippen molar-refractivity contribution in [3.63, 3.8) is 0 Å². The molecule has 0 aromatic rings. The number of aliphatic carboxylic acids is 1. The van der Waals surface area contributed by atoms with Gasteiger partial charge in [-0.1, -0.05) is 44.1 Å². The minimum absolute atomic E-state index is 0.0850. The molecule has 0 heterocycles. The van der Waals surface area contributed by atoms with E-state index in [-0.39, 0.29) is 23.5 Å². The summed E-state index contributed by atoms with van der Waals surface area (Å²) in [6.07, 6.45) is 8.10. The monoisotopic (exact) mass is 392 g/mol. The highest BCUT2D eigenvalue weighted by Crippen LogP contribution is 2.61. The maximum Gasteiger partial charge on any atom is 0.317 e. The van der Waals surface area contributed by atoms with E-state index >= 15 is 0 Å². The lowest BCUT2D eigenvalue weighted by molar-refractivity contribution is -0.176. The van der Waals surface area contributed by atoms with Crippen molar-refractivity contribution in [2.75, 3.05) is 6.61 Å². The van der Waals surface area contributed by atoms with Crippen molar-refractivity contribution in [3.05, 3.63) is 23.3 Å². The molecule has 0 aliphatic heterocycles. The van der Waals surface area contributed by atoms with Crippen LogP contribution >= 0.6 is 0 Å². The molecule has 5 nitrogen and oxygen atoms in total. The number of fused-ring (bicyclic) bond motifs is 1. The summed E-state index contributed by atoms with van der Waals surface area (Å²) in [6, 6.07) is 0. The van der Waals surface area contributed by atoms with Crippen LogP contribution in [0, 0.1) is 22.7 Å². The number of hydrogen-bond acceptors (Lipinski definition) is 4. The Labute approximate surface area is 168 Å². The number of rotatable bonds is 7.